The van der Waals surface area contributed by atoms with Crippen LogP contribution >= 0.6 is 11.6 Å². The third kappa shape index (κ3) is 3.15. The third-order valence-corrected chi connectivity index (χ3v) is 3.66. The number of carbonyl (C=O) groups is 1. The van der Waals surface area contributed by atoms with Gasteiger partial charge in [0.15, 0.2) is 0 Å². The molecule has 1 aromatic rings. The van der Waals surface area contributed by atoms with E-state index in [0.29, 0.717) is 30.5 Å². The average Bonchev–Trinajstić information content (AvgIpc) is 2.36. The van der Waals surface area contributed by atoms with E-state index in [1.807, 2.05) is 13.1 Å². The number of aromatic nitrogens is 1. The van der Waals surface area contributed by atoms with E-state index in [2.05, 4.69) is 23.7 Å². The van der Waals surface area contributed by atoms with Crippen molar-refractivity contribution in [3.8, 4) is 0 Å². The highest BCUT2D eigenvalue weighted by Crippen LogP contribution is 2.29. The average molecular weight is 298 g/mol. The van der Waals surface area contributed by atoms with Crippen molar-refractivity contribution in [2.45, 2.75) is 26.8 Å². The predicted octanol–water partition coefficient (Wildman–Crippen LogP) is 2.86. The molecule has 0 bridgehead atoms. The van der Waals surface area contributed by atoms with E-state index in [1.54, 1.807) is 0 Å². The van der Waals surface area contributed by atoms with E-state index in [1.165, 1.54) is 4.90 Å². The Morgan fingerprint density at radius 2 is 2.30 bits per heavy atom. The van der Waals surface area contributed by atoms with Crippen molar-refractivity contribution in [3.05, 3.63) is 22.3 Å². The number of rotatable bonds is 3. The molecule has 2 heterocycles. The second-order valence-corrected chi connectivity index (χ2v) is 6.04. The number of pyridine rings is 1. The topological polar surface area (TPSA) is 56.7 Å². The van der Waals surface area contributed by atoms with Crippen molar-refractivity contribution in [2.24, 2.45) is 5.92 Å². The van der Waals surface area contributed by atoms with Gasteiger partial charge in [-0.1, -0.05) is 25.4 Å². The summed E-state index contributed by atoms with van der Waals surface area (Å²) < 4.78 is 0. The number of halogens is 1. The minimum Gasteiger partial charge on any atom is -0.465 e. The zero-order valence-electron chi connectivity index (χ0n) is 12.1. The standard InChI is InChI=1S/C14H20ClN3O2/c1-9(2)7-17(3)13-11(15)6-10-8-18(14(19)20)5-4-12(10)16-13/h6,9H,4-5,7-8H2,1-3H3,(H,19,20). The molecule has 0 saturated carbocycles. The first-order valence-corrected chi connectivity index (χ1v) is 7.13. The van der Waals surface area contributed by atoms with E-state index < -0.39 is 6.09 Å². The van der Waals surface area contributed by atoms with Crippen LogP contribution in [0.5, 0.6) is 0 Å². The lowest BCUT2D eigenvalue weighted by molar-refractivity contribution is 0.139. The van der Waals surface area contributed by atoms with E-state index in [9.17, 15) is 4.79 Å². The largest absolute Gasteiger partial charge is 0.465 e. The van der Waals surface area contributed by atoms with Crippen LogP contribution in [-0.4, -0.2) is 41.2 Å². The summed E-state index contributed by atoms with van der Waals surface area (Å²) in [5.74, 6) is 1.30. The molecule has 0 aliphatic carbocycles. The van der Waals surface area contributed by atoms with Gasteiger partial charge in [-0.2, -0.15) is 0 Å². The Kier molecular flexibility index (Phi) is 4.38. The number of amides is 1. The Balaban J connectivity index is 2.26. The lowest BCUT2D eigenvalue weighted by Crippen LogP contribution is -2.35. The number of hydrogen-bond acceptors (Lipinski definition) is 3. The van der Waals surface area contributed by atoms with Crippen LogP contribution in [0.15, 0.2) is 6.07 Å². The highest BCUT2D eigenvalue weighted by molar-refractivity contribution is 6.33. The van der Waals surface area contributed by atoms with Gasteiger partial charge in [-0.05, 0) is 17.5 Å². The molecule has 0 fully saturated rings. The zero-order chi connectivity index (χ0) is 14.9. The van der Waals surface area contributed by atoms with Gasteiger partial charge in [0.2, 0.25) is 0 Å². The summed E-state index contributed by atoms with van der Waals surface area (Å²) in [5.41, 5.74) is 1.86. The molecule has 0 unspecified atom stereocenters. The fourth-order valence-electron chi connectivity index (χ4n) is 2.50. The monoisotopic (exact) mass is 297 g/mol. The molecule has 20 heavy (non-hydrogen) atoms. The normalized spacial score (nSPS) is 14.3. The minimum atomic E-state index is -0.896. The molecule has 0 atom stereocenters. The van der Waals surface area contributed by atoms with Crippen LogP contribution in [0.1, 0.15) is 25.1 Å². The first-order valence-electron chi connectivity index (χ1n) is 6.75. The Hall–Kier alpha value is -1.49. The molecule has 1 aliphatic rings. The molecule has 0 radical (unpaired) electrons. The Morgan fingerprint density at radius 3 is 2.90 bits per heavy atom. The van der Waals surface area contributed by atoms with E-state index >= 15 is 0 Å². The summed E-state index contributed by atoms with van der Waals surface area (Å²) in [6, 6.07) is 1.85. The first kappa shape index (κ1) is 14.9. The summed E-state index contributed by atoms with van der Waals surface area (Å²) in [6.07, 6.45) is -0.255. The van der Waals surface area contributed by atoms with Crippen molar-refractivity contribution in [3.63, 3.8) is 0 Å². The van der Waals surface area contributed by atoms with Crippen LogP contribution in [-0.2, 0) is 13.0 Å². The lowest BCUT2D eigenvalue weighted by atomic mass is 10.1. The molecule has 1 N–H and O–H groups in total. The van der Waals surface area contributed by atoms with Crippen molar-refractivity contribution >= 4 is 23.5 Å². The number of nitrogens with zero attached hydrogens (tertiary/aromatic N) is 3. The quantitative estimate of drug-likeness (QED) is 0.932. The maximum atomic E-state index is 11.0. The Morgan fingerprint density at radius 1 is 1.60 bits per heavy atom. The van der Waals surface area contributed by atoms with E-state index in [0.717, 1.165) is 23.6 Å². The molecule has 0 aromatic carbocycles. The van der Waals surface area contributed by atoms with Gasteiger partial charge in [0.1, 0.15) is 5.82 Å². The van der Waals surface area contributed by atoms with Gasteiger partial charge in [0.25, 0.3) is 0 Å². The van der Waals surface area contributed by atoms with Gasteiger partial charge in [-0.3, -0.25) is 0 Å². The van der Waals surface area contributed by atoms with Gasteiger partial charge in [-0.15, -0.1) is 0 Å². The van der Waals surface area contributed by atoms with Crippen molar-refractivity contribution in [1.82, 2.24) is 9.88 Å². The van der Waals surface area contributed by atoms with Crippen LogP contribution in [0.3, 0.4) is 0 Å². The second kappa shape index (κ2) is 5.87. The van der Waals surface area contributed by atoms with E-state index in [-0.39, 0.29) is 0 Å². The molecular weight excluding hydrogens is 278 g/mol. The molecule has 110 valence electrons. The number of anilines is 1. The predicted molar refractivity (Wildman–Crippen MR) is 79.5 cm³/mol. The molecule has 1 amide bonds. The second-order valence-electron chi connectivity index (χ2n) is 5.63. The minimum absolute atomic E-state index is 0.367. The Labute approximate surface area is 124 Å². The smallest absolute Gasteiger partial charge is 0.407 e. The summed E-state index contributed by atoms with van der Waals surface area (Å²) in [4.78, 5) is 19.1. The summed E-state index contributed by atoms with van der Waals surface area (Å²) in [6.45, 7) is 6.03. The maximum Gasteiger partial charge on any atom is 0.407 e. The molecule has 2 rings (SSSR count). The van der Waals surface area contributed by atoms with Crippen LogP contribution < -0.4 is 4.90 Å². The lowest BCUT2D eigenvalue weighted by Gasteiger charge is -2.28. The van der Waals surface area contributed by atoms with Crippen molar-refractivity contribution in [1.29, 1.82) is 0 Å². The SMILES string of the molecule is CC(C)CN(C)c1nc2c(cc1Cl)CN(C(=O)O)CC2. The zero-order valence-corrected chi connectivity index (χ0v) is 12.8. The number of fused-ring (bicyclic) bond motifs is 1. The fraction of sp³-hybridized carbons (Fsp3) is 0.571. The first-order chi connectivity index (χ1) is 9.38. The summed E-state index contributed by atoms with van der Waals surface area (Å²) in [7, 11) is 1.98. The van der Waals surface area contributed by atoms with Crippen LogP contribution in [0.4, 0.5) is 10.6 Å². The summed E-state index contributed by atoms with van der Waals surface area (Å²) in [5, 5.41) is 9.62. The van der Waals surface area contributed by atoms with Gasteiger partial charge in [-0.25, -0.2) is 9.78 Å². The van der Waals surface area contributed by atoms with Gasteiger partial charge >= 0.3 is 6.09 Å². The van der Waals surface area contributed by atoms with Gasteiger partial charge in [0.05, 0.1) is 11.6 Å². The number of hydrogen-bond donors (Lipinski definition) is 1. The highest BCUT2D eigenvalue weighted by atomic mass is 35.5. The van der Waals surface area contributed by atoms with Crippen LogP contribution in [0, 0.1) is 5.92 Å². The molecular formula is C14H20ClN3O2. The fourth-order valence-corrected chi connectivity index (χ4v) is 2.82. The number of carboxylic acid groups (broad SMARTS) is 1. The van der Waals surface area contributed by atoms with Gasteiger partial charge < -0.3 is 14.9 Å². The molecule has 6 heteroatoms. The summed E-state index contributed by atoms with van der Waals surface area (Å²) >= 11 is 6.30. The van der Waals surface area contributed by atoms with Crippen molar-refractivity contribution in [2.75, 3.05) is 25.0 Å². The molecule has 1 aliphatic heterocycles. The molecule has 0 spiro atoms. The molecule has 1 aromatic heterocycles. The van der Waals surface area contributed by atoms with E-state index in [4.69, 9.17) is 16.7 Å². The molecule has 0 saturated heterocycles. The van der Waals surface area contributed by atoms with Crippen molar-refractivity contribution < 1.29 is 9.90 Å². The Bertz CT molecular complexity index is 519. The molecule has 5 nitrogen and oxygen atoms in total. The maximum absolute atomic E-state index is 11.0. The van der Waals surface area contributed by atoms with Crippen LogP contribution in [0.2, 0.25) is 5.02 Å². The van der Waals surface area contributed by atoms with Gasteiger partial charge in [0, 0.05) is 32.3 Å². The highest BCUT2D eigenvalue weighted by Gasteiger charge is 2.23. The third-order valence-electron chi connectivity index (χ3n) is 3.38. The van der Waals surface area contributed by atoms with Crippen LogP contribution in [0.25, 0.3) is 0 Å².